The number of fused-ring (bicyclic) bond motifs is 16. The molecule has 0 amide bonds. The molecular weight excluding hydrogens is 727 g/mol. The van der Waals surface area contributed by atoms with Crippen molar-refractivity contribution in [1.82, 2.24) is 0 Å². The number of hydrogen-bond acceptors (Lipinski definition) is 2. The van der Waals surface area contributed by atoms with Crippen molar-refractivity contribution >= 4 is 38.8 Å². The normalized spacial score (nSPS) is 14.4. The van der Waals surface area contributed by atoms with E-state index in [1.54, 1.807) is 0 Å². The Morgan fingerprint density at radius 1 is 0.383 bits per heavy atom. The maximum Gasteiger partial charge on any atom is 0.140 e. The summed E-state index contributed by atoms with van der Waals surface area (Å²) in [6.45, 7) is 4.77. The van der Waals surface area contributed by atoms with Crippen LogP contribution in [0.2, 0.25) is 0 Å². The van der Waals surface area contributed by atoms with Crippen LogP contribution in [0.5, 0.6) is 0 Å². The van der Waals surface area contributed by atoms with Crippen molar-refractivity contribution in [3.63, 3.8) is 0 Å². The van der Waals surface area contributed by atoms with Crippen LogP contribution in [-0.4, -0.2) is 0 Å². The zero-order valence-corrected chi connectivity index (χ0v) is 33.4. The number of furan rings is 1. The van der Waals surface area contributed by atoms with Crippen LogP contribution in [0.3, 0.4) is 0 Å². The SMILES string of the molecule is CC1(C)c2cc(-c3ccc4ccccc4c3)ccc2-c2ccc(N(c3ccccc3)c3ccc4c(c3)C3(c5ccccc5-c5ccccc53)c3c-4oc4ccccc34)cc21. The van der Waals surface area contributed by atoms with Gasteiger partial charge in [0.25, 0.3) is 0 Å². The van der Waals surface area contributed by atoms with E-state index in [9.17, 15) is 0 Å². The molecule has 13 rings (SSSR count). The van der Waals surface area contributed by atoms with Crippen molar-refractivity contribution in [2.45, 2.75) is 24.7 Å². The van der Waals surface area contributed by atoms with E-state index in [2.05, 4.69) is 219 Å². The lowest BCUT2D eigenvalue weighted by Gasteiger charge is -2.32. The summed E-state index contributed by atoms with van der Waals surface area (Å²) in [7, 11) is 0. The van der Waals surface area contributed by atoms with Gasteiger partial charge in [-0.3, -0.25) is 0 Å². The van der Waals surface area contributed by atoms with Crippen LogP contribution in [0.1, 0.15) is 47.2 Å². The van der Waals surface area contributed by atoms with Gasteiger partial charge in [-0.25, -0.2) is 0 Å². The van der Waals surface area contributed by atoms with E-state index in [0.717, 1.165) is 34.0 Å². The Kier molecular flexibility index (Phi) is 6.74. The average Bonchev–Trinajstić information content (AvgIpc) is 3.98. The topological polar surface area (TPSA) is 16.4 Å². The monoisotopic (exact) mass is 765 g/mol. The number of benzene rings is 9. The molecule has 3 aliphatic rings. The molecule has 282 valence electrons. The summed E-state index contributed by atoms with van der Waals surface area (Å²) in [5, 5.41) is 3.70. The number of para-hydroxylation sites is 2. The molecule has 2 nitrogen and oxygen atoms in total. The molecule has 0 N–H and O–H groups in total. The first-order valence-corrected chi connectivity index (χ1v) is 21.0. The standard InChI is InChI=1S/C58H39NO/c1-57(2)51-33-39(38-25-24-36-14-6-7-15-37(36)32-38)26-29-45(51)46-30-27-41(34-52(46)57)59(40-16-4-3-5-17-40)42-28-31-47-53(35-42)58(55-48-20-10-13-23-54(48)60-56(47)55)49-21-11-8-18-43(49)44-19-9-12-22-50(44)58/h3-35H,1-2H3. The quantitative estimate of drug-likeness (QED) is 0.177. The van der Waals surface area contributed by atoms with E-state index < -0.39 is 5.41 Å². The van der Waals surface area contributed by atoms with Crippen LogP contribution >= 0.6 is 0 Å². The fourth-order valence-electron chi connectivity index (χ4n) is 11.2. The third-order valence-electron chi connectivity index (χ3n) is 13.8. The molecule has 1 heterocycles. The highest BCUT2D eigenvalue weighted by Gasteiger charge is 2.54. The van der Waals surface area contributed by atoms with Gasteiger partial charge in [0, 0.05) is 39.0 Å². The Morgan fingerprint density at radius 2 is 0.933 bits per heavy atom. The minimum atomic E-state index is -0.535. The molecule has 60 heavy (non-hydrogen) atoms. The third kappa shape index (κ3) is 4.38. The van der Waals surface area contributed by atoms with Gasteiger partial charge in [-0.2, -0.15) is 0 Å². The number of hydrogen-bond donors (Lipinski definition) is 0. The zero-order chi connectivity index (χ0) is 39.7. The van der Waals surface area contributed by atoms with E-state index in [-0.39, 0.29) is 5.41 Å². The average molecular weight is 766 g/mol. The van der Waals surface area contributed by atoms with Crippen molar-refractivity contribution < 1.29 is 4.42 Å². The smallest absolute Gasteiger partial charge is 0.140 e. The second-order valence-corrected chi connectivity index (χ2v) is 17.2. The number of rotatable bonds is 4. The van der Waals surface area contributed by atoms with Gasteiger partial charge in [0.05, 0.1) is 5.41 Å². The second-order valence-electron chi connectivity index (χ2n) is 17.2. The highest BCUT2D eigenvalue weighted by Crippen LogP contribution is 2.65. The zero-order valence-electron chi connectivity index (χ0n) is 33.4. The molecule has 1 spiro atoms. The van der Waals surface area contributed by atoms with Gasteiger partial charge < -0.3 is 9.32 Å². The predicted molar refractivity (Wildman–Crippen MR) is 248 cm³/mol. The molecule has 0 atom stereocenters. The Bertz CT molecular complexity index is 3380. The molecule has 0 radical (unpaired) electrons. The van der Waals surface area contributed by atoms with Crippen molar-refractivity contribution in [3.8, 4) is 44.7 Å². The summed E-state index contributed by atoms with van der Waals surface area (Å²) >= 11 is 0. The molecular formula is C58H39NO. The number of anilines is 3. The molecule has 0 saturated carbocycles. The Balaban J connectivity index is 0.992. The molecule has 9 aromatic carbocycles. The second kappa shape index (κ2) is 12.1. The van der Waals surface area contributed by atoms with E-state index in [1.165, 1.54) is 82.9 Å². The molecule has 0 bridgehead atoms. The van der Waals surface area contributed by atoms with Crippen LogP contribution in [0, 0.1) is 0 Å². The Labute approximate surface area is 349 Å². The van der Waals surface area contributed by atoms with Crippen LogP contribution in [-0.2, 0) is 10.8 Å². The largest absolute Gasteiger partial charge is 0.456 e. The Hall–Kier alpha value is -7.42. The molecule has 10 aromatic rings. The van der Waals surface area contributed by atoms with Crippen LogP contribution in [0.4, 0.5) is 17.1 Å². The number of nitrogens with zero attached hydrogens (tertiary/aromatic N) is 1. The van der Waals surface area contributed by atoms with Crippen molar-refractivity contribution in [2.75, 3.05) is 4.90 Å². The van der Waals surface area contributed by atoms with Gasteiger partial charge in [-0.15, -0.1) is 0 Å². The molecule has 2 heteroatoms. The third-order valence-corrected chi connectivity index (χ3v) is 13.8. The van der Waals surface area contributed by atoms with Crippen LogP contribution in [0.15, 0.2) is 205 Å². The first kappa shape index (κ1) is 33.5. The van der Waals surface area contributed by atoms with Gasteiger partial charge in [0.1, 0.15) is 11.3 Å². The lowest BCUT2D eigenvalue weighted by Crippen LogP contribution is -2.26. The molecule has 3 aliphatic carbocycles. The van der Waals surface area contributed by atoms with Gasteiger partial charge in [0.2, 0.25) is 0 Å². The fourth-order valence-corrected chi connectivity index (χ4v) is 11.2. The van der Waals surface area contributed by atoms with Crippen LogP contribution < -0.4 is 4.90 Å². The van der Waals surface area contributed by atoms with Crippen molar-refractivity contribution in [3.05, 3.63) is 234 Å². The predicted octanol–water partition coefficient (Wildman–Crippen LogP) is 15.4. The fraction of sp³-hybridized carbons (Fsp3) is 0.0690. The van der Waals surface area contributed by atoms with Gasteiger partial charge in [-0.05, 0) is 133 Å². The highest BCUT2D eigenvalue weighted by atomic mass is 16.3. The van der Waals surface area contributed by atoms with Crippen LogP contribution in [0.25, 0.3) is 66.4 Å². The summed E-state index contributed by atoms with van der Waals surface area (Å²) < 4.78 is 6.87. The summed E-state index contributed by atoms with van der Waals surface area (Å²) in [6.07, 6.45) is 0. The molecule has 0 fully saturated rings. The summed E-state index contributed by atoms with van der Waals surface area (Å²) in [5.41, 5.74) is 20.2. The maximum atomic E-state index is 6.87. The van der Waals surface area contributed by atoms with E-state index in [4.69, 9.17) is 4.42 Å². The van der Waals surface area contributed by atoms with Gasteiger partial charge in [0.15, 0.2) is 0 Å². The minimum absolute atomic E-state index is 0.204. The van der Waals surface area contributed by atoms with Gasteiger partial charge in [-0.1, -0.05) is 153 Å². The first-order valence-electron chi connectivity index (χ1n) is 21.0. The van der Waals surface area contributed by atoms with E-state index >= 15 is 0 Å². The summed E-state index contributed by atoms with van der Waals surface area (Å²) in [5.74, 6) is 0.968. The van der Waals surface area contributed by atoms with E-state index in [1.807, 2.05) is 0 Å². The highest BCUT2D eigenvalue weighted by molar-refractivity contribution is 6.03. The molecule has 0 unspecified atom stereocenters. The lowest BCUT2D eigenvalue weighted by molar-refractivity contribution is 0.628. The minimum Gasteiger partial charge on any atom is -0.456 e. The molecule has 1 aromatic heterocycles. The summed E-state index contributed by atoms with van der Waals surface area (Å²) in [4.78, 5) is 2.44. The molecule has 0 aliphatic heterocycles. The molecule has 0 saturated heterocycles. The first-order chi connectivity index (χ1) is 29.5. The Morgan fingerprint density at radius 3 is 1.70 bits per heavy atom. The van der Waals surface area contributed by atoms with Crippen molar-refractivity contribution in [2.24, 2.45) is 0 Å². The maximum absolute atomic E-state index is 6.87. The van der Waals surface area contributed by atoms with Crippen molar-refractivity contribution in [1.29, 1.82) is 0 Å². The van der Waals surface area contributed by atoms with Gasteiger partial charge >= 0.3 is 0 Å². The van der Waals surface area contributed by atoms with E-state index in [0.29, 0.717) is 0 Å². The summed E-state index contributed by atoms with van der Waals surface area (Å²) in [6, 6.07) is 74.0. The lowest BCUT2D eigenvalue weighted by atomic mass is 9.70.